The van der Waals surface area contributed by atoms with E-state index in [1.807, 2.05) is 16.7 Å². The second kappa shape index (κ2) is 6.26. The largest absolute Gasteiger partial charge is 0.478 e. The average molecular weight is 287 g/mol. The standard InChI is InChI=1S/C16H17NO4/c1-3-21-16(20)13-6-4-12(5-7-13)10-17-9-8-14(11(17)2)15(18)19/h4-9H,3,10H2,1-2H3,(H,18,19). The summed E-state index contributed by atoms with van der Waals surface area (Å²) in [5.41, 5.74) is 2.50. The first kappa shape index (κ1) is 14.8. The van der Waals surface area contributed by atoms with Crippen LogP contribution in [0.25, 0.3) is 0 Å². The summed E-state index contributed by atoms with van der Waals surface area (Å²) in [6.07, 6.45) is 1.75. The second-order valence-electron chi connectivity index (χ2n) is 4.67. The number of benzene rings is 1. The Balaban J connectivity index is 2.14. The minimum Gasteiger partial charge on any atom is -0.478 e. The Morgan fingerprint density at radius 3 is 2.38 bits per heavy atom. The van der Waals surface area contributed by atoms with Crippen LogP contribution >= 0.6 is 0 Å². The van der Waals surface area contributed by atoms with Crippen LogP contribution in [0.15, 0.2) is 36.5 Å². The normalized spacial score (nSPS) is 10.4. The van der Waals surface area contributed by atoms with Crippen molar-refractivity contribution in [2.75, 3.05) is 6.61 Å². The molecule has 0 aliphatic carbocycles. The SMILES string of the molecule is CCOC(=O)c1ccc(Cn2ccc(C(=O)O)c2C)cc1. The van der Waals surface area contributed by atoms with Crippen molar-refractivity contribution >= 4 is 11.9 Å². The van der Waals surface area contributed by atoms with Crippen LogP contribution in [0.1, 0.15) is 38.9 Å². The number of carbonyl (C=O) groups is 2. The fraction of sp³-hybridized carbons (Fsp3) is 0.250. The lowest BCUT2D eigenvalue weighted by Crippen LogP contribution is -2.06. The smallest absolute Gasteiger partial charge is 0.338 e. The van der Waals surface area contributed by atoms with E-state index in [0.29, 0.717) is 30.0 Å². The molecule has 1 heterocycles. The molecule has 110 valence electrons. The van der Waals surface area contributed by atoms with Crippen LogP contribution < -0.4 is 0 Å². The molecule has 21 heavy (non-hydrogen) atoms. The van der Waals surface area contributed by atoms with Crippen LogP contribution in [0.2, 0.25) is 0 Å². The van der Waals surface area contributed by atoms with Crippen molar-refractivity contribution in [2.24, 2.45) is 0 Å². The highest BCUT2D eigenvalue weighted by Crippen LogP contribution is 2.13. The van der Waals surface area contributed by atoms with Crippen molar-refractivity contribution in [1.82, 2.24) is 4.57 Å². The van der Waals surface area contributed by atoms with E-state index in [0.717, 1.165) is 5.56 Å². The lowest BCUT2D eigenvalue weighted by molar-refractivity contribution is 0.0525. The van der Waals surface area contributed by atoms with Gasteiger partial charge < -0.3 is 14.4 Å². The van der Waals surface area contributed by atoms with E-state index in [2.05, 4.69) is 0 Å². The van der Waals surface area contributed by atoms with E-state index in [-0.39, 0.29) is 5.97 Å². The molecule has 1 aromatic heterocycles. The third-order valence-electron chi connectivity index (χ3n) is 3.29. The van der Waals surface area contributed by atoms with Gasteiger partial charge in [-0.25, -0.2) is 9.59 Å². The molecule has 2 aromatic rings. The van der Waals surface area contributed by atoms with Gasteiger partial charge in [0.25, 0.3) is 0 Å². The summed E-state index contributed by atoms with van der Waals surface area (Å²) in [4.78, 5) is 22.6. The van der Waals surface area contributed by atoms with Gasteiger partial charge in [-0.3, -0.25) is 0 Å². The Kier molecular flexibility index (Phi) is 4.42. The Bertz CT molecular complexity index is 655. The topological polar surface area (TPSA) is 68.5 Å². The minimum absolute atomic E-state index is 0.304. The van der Waals surface area contributed by atoms with E-state index in [9.17, 15) is 9.59 Å². The third kappa shape index (κ3) is 3.31. The number of carboxylic acid groups (broad SMARTS) is 1. The molecule has 0 fully saturated rings. The average Bonchev–Trinajstić information content (AvgIpc) is 2.81. The molecule has 0 saturated heterocycles. The van der Waals surface area contributed by atoms with Gasteiger partial charge in [-0.1, -0.05) is 12.1 Å². The first-order chi connectivity index (χ1) is 10.0. The minimum atomic E-state index is -0.927. The van der Waals surface area contributed by atoms with Crippen LogP contribution in [0.3, 0.4) is 0 Å². The number of rotatable bonds is 5. The summed E-state index contributed by atoms with van der Waals surface area (Å²) in [6.45, 7) is 4.45. The molecular formula is C16H17NO4. The predicted molar refractivity (Wildman–Crippen MR) is 77.6 cm³/mol. The maximum Gasteiger partial charge on any atom is 0.338 e. The van der Waals surface area contributed by atoms with Crippen LogP contribution in [-0.4, -0.2) is 28.2 Å². The van der Waals surface area contributed by atoms with Crippen molar-refractivity contribution in [2.45, 2.75) is 20.4 Å². The summed E-state index contributed by atoms with van der Waals surface area (Å²) in [7, 11) is 0. The molecule has 1 N–H and O–H groups in total. The van der Waals surface area contributed by atoms with Crippen molar-refractivity contribution in [3.8, 4) is 0 Å². The molecule has 0 saturated carbocycles. The Labute approximate surface area is 122 Å². The molecule has 0 amide bonds. The molecule has 2 rings (SSSR count). The van der Waals surface area contributed by atoms with Gasteiger partial charge in [-0.15, -0.1) is 0 Å². The van der Waals surface area contributed by atoms with Crippen LogP contribution in [-0.2, 0) is 11.3 Å². The molecule has 0 radical (unpaired) electrons. The monoisotopic (exact) mass is 287 g/mol. The molecule has 5 nitrogen and oxygen atoms in total. The molecule has 1 aromatic carbocycles. The molecule has 0 unspecified atom stereocenters. The highest BCUT2D eigenvalue weighted by Gasteiger charge is 2.11. The molecular weight excluding hydrogens is 270 g/mol. The number of carbonyl (C=O) groups excluding carboxylic acids is 1. The number of ether oxygens (including phenoxy) is 1. The Hall–Kier alpha value is -2.56. The molecule has 0 aliphatic heterocycles. The predicted octanol–water partition coefficient (Wildman–Crippen LogP) is 2.72. The number of hydrogen-bond acceptors (Lipinski definition) is 3. The number of aromatic carboxylic acids is 1. The van der Waals surface area contributed by atoms with Gasteiger partial charge in [-0.05, 0) is 37.6 Å². The molecule has 0 atom stereocenters. The fourth-order valence-electron chi connectivity index (χ4n) is 2.11. The van der Waals surface area contributed by atoms with Crippen molar-refractivity contribution in [3.63, 3.8) is 0 Å². The van der Waals surface area contributed by atoms with Crippen LogP contribution in [0.4, 0.5) is 0 Å². The second-order valence-corrected chi connectivity index (χ2v) is 4.67. The van der Waals surface area contributed by atoms with Crippen molar-refractivity contribution < 1.29 is 19.4 Å². The quantitative estimate of drug-likeness (QED) is 0.858. The number of hydrogen-bond donors (Lipinski definition) is 1. The first-order valence-corrected chi connectivity index (χ1v) is 6.68. The molecule has 5 heteroatoms. The first-order valence-electron chi connectivity index (χ1n) is 6.68. The third-order valence-corrected chi connectivity index (χ3v) is 3.29. The summed E-state index contributed by atoms with van der Waals surface area (Å²) in [5, 5.41) is 9.03. The van der Waals surface area contributed by atoms with Crippen LogP contribution in [0.5, 0.6) is 0 Å². The Morgan fingerprint density at radius 1 is 1.19 bits per heavy atom. The highest BCUT2D eigenvalue weighted by molar-refractivity contribution is 5.89. The van der Waals surface area contributed by atoms with E-state index < -0.39 is 5.97 Å². The lowest BCUT2D eigenvalue weighted by Gasteiger charge is -2.08. The zero-order chi connectivity index (χ0) is 15.4. The lowest BCUT2D eigenvalue weighted by atomic mass is 10.1. The molecule has 0 aliphatic rings. The number of carboxylic acids is 1. The van der Waals surface area contributed by atoms with Gasteiger partial charge in [0.15, 0.2) is 0 Å². The van der Waals surface area contributed by atoms with Crippen molar-refractivity contribution in [1.29, 1.82) is 0 Å². The van der Waals surface area contributed by atoms with Gasteiger partial charge in [0.2, 0.25) is 0 Å². The highest BCUT2D eigenvalue weighted by atomic mass is 16.5. The van der Waals surface area contributed by atoms with Gasteiger partial charge in [0.05, 0.1) is 17.7 Å². The summed E-state index contributed by atoms with van der Waals surface area (Å²) in [6, 6.07) is 8.69. The van der Waals surface area contributed by atoms with Crippen molar-refractivity contribution in [3.05, 3.63) is 58.9 Å². The van der Waals surface area contributed by atoms with Gasteiger partial charge in [-0.2, -0.15) is 0 Å². The maximum absolute atomic E-state index is 11.6. The van der Waals surface area contributed by atoms with E-state index in [4.69, 9.17) is 9.84 Å². The van der Waals surface area contributed by atoms with Gasteiger partial charge in [0, 0.05) is 18.4 Å². The fourth-order valence-corrected chi connectivity index (χ4v) is 2.11. The maximum atomic E-state index is 11.6. The van der Waals surface area contributed by atoms with E-state index in [1.54, 1.807) is 38.2 Å². The summed E-state index contributed by atoms with van der Waals surface area (Å²) in [5.74, 6) is -1.27. The van der Waals surface area contributed by atoms with E-state index in [1.165, 1.54) is 0 Å². The number of esters is 1. The summed E-state index contributed by atoms with van der Waals surface area (Å²) >= 11 is 0. The number of aromatic nitrogens is 1. The zero-order valence-electron chi connectivity index (χ0n) is 12.0. The van der Waals surface area contributed by atoms with Gasteiger partial charge >= 0.3 is 11.9 Å². The summed E-state index contributed by atoms with van der Waals surface area (Å²) < 4.78 is 6.79. The van der Waals surface area contributed by atoms with Crippen LogP contribution in [0, 0.1) is 6.92 Å². The molecule has 0 bridgehead atoms. The van der Waals surface area contributed by atoms with E-state index >= 15 is 0 Å². The zero-order valence-corrected chi connectivity index (χ0v) is 12.0. The number of nitrogens with zero attached hydrogens (tertiary/aromatic N) is 1. The molecule has 0 spiro atoms. The Morgan fingerprint density at radius 2 is 1.86 bits per heavy atom. The van der Waals surface area contributed by atoms with Gasteiger partial charge in [0.1, 0.15) is 0 Å².